The van der Waals surface area contributed by atoms with Gasteiger partial charge in [0, 0.05) is 0 Å². The molecule has 0 saturated carbocycles. The second-order valence-electron chi connectivity index (χ2n) is 3.93. The normalized spacial score (nSPS) is 19.7. The standard InChI is InChI=1S/C12H18/c1-9(2)11(4)12-7-5-10(3)6-8-12/h5,7-9,11H,3,6H2,1-2,4H3. The lowest BCUT2D eigenvalue weighted by Crippen LogP contribution is -2.07. The Labute approximate surface area is 75.7 Å². The van der Waals surface area contributed by atoms with Gasteiger partial charge in [0.25, 0.3) is 0 Å². The highest BCUT2D eigenvalue weighted by atomic mass is 14.2. The predicted molar refractivity (Wildman–Crippen MR) is 55.0 cm³/mol. The molecule has 0 nitrogen and oxygen atoms in total. The van der Waals surface area contributed by atoms with Crippen LogP contribution in [0.5, 0.6) is 0 Å². The molecule has 66 valence electrons. The molecule has 0 saturated heterocycles. The van der Waals surface area contributed by atoms with Crippen LogP contribution < -0.4 is 0 Å². The highest BCUT2D eigenvalue weighted by Gasteiger charge is 2.11. The van der Waals surface area contributed by atoms with Gasteiger partial charge in [0.15, 0.2) is 0 Å². The van der Waals surface area contributed by atoms with Gasteiger partial charge in [-0.2, -0.15) is 0 Å². The molecule has 0 aromatic rings. The van der Waals surface area contributed by atoms with Crippen LogP contribution in [0.4, 0.5) is 0 Å². The Morgan fingerprint density at radius 3 is 2.33 bits per heavy atom. The third-order valence-electron chi connectivity index (χ3n) is 2.64. The van der Waals surface area contributed by atoms with Crippen molar-refractivity contribution in [2.24, 2.45) is 11.8 Å². The van der Waals surface area contributed by atoms with E-state index in [-0.39, 0.29) is 0 Å². The molecular weight excluding hydrogens is 144 g/mol. The molecule has 0 aliphatic heterocycles. The molecule has 0 bridgehead atoms. The highest BCUT2D eigenvalue weighted by molar-refractivity contribution is 5.35. The Morgan fingerprint density at radius 1 is 1.25 bits per heavy atom. The molecule has 1 atom stereocenters. The van der Waals surface area contributed by atoms with Crippen molar-refractivity contribution >= 4 is 0 Å². The van der Waals surface area contributed by atoms with Crippen LogP contribution in [0.1, 0.15) is 27.2 Å². The molecule has 0 fully saturated rings. The van der Waals surface area contributed by atoms with Gasteiger partial charge in [0.05, 0.1) is 0 Å². The third-order valence-corrected chi connectivity index (χ3v) is 2.64. The Kier molecular flexibility index (Phi) is 2.91. The van der Waals surface area contributed by atoms with E-state index < -0.39 is 0 Å². The van der Waals surface area contributed by atoms with Crippen LogP contribution in [-0.2, 0) is 0 Å². The van der Waals surface area contributed by atoms with E-state index in [1.807, 2.05) is 0 Å². The molecule has 1 aliphatic carbocycles. The SMILES string of the molecule is C=C1C=CC(C(C)C(C)C)=CC1. The Hall–Kier alpha value is -0.780. The van der Waals surface area contributed by atoms with Crippen LogP contribution in [0.25, 0.3) is 0 Å². The van der Waals surface area contributed by atoms with Gasteiger partial charge in [-0.05, 0) is 23.8 Å². The summed E-state index contributed by atoms with van der Waals surface area (Å²) in [5.41, 5.74) is 2.69. The van der Waals surface area contributed by atoms with E-state index >= 15 is 0 Å². The van der Waals surface area contributed by atoms with Gasteiger partial charge in [-0.1, -0.05) is 51.2 Å². The Morgan fingerprint density at radius 2 is 1.92 bits per heavy atom. The summed E-state index contributed by atoms with van der Waals surface area (Å²) in [5, 5.41) is 0. The van der Waals surface area contributed by atoms with E-state index in [9.17, 15) is 0 Å². The van der Waals surface area contributed by atoms with Gasteiger partial charge >= 0.3 is 0 Å². The fourth-order valence-electron chi connectivity index (χ4n) is 1.32. The van der Waals surface area contributed by atoms with E-state index in [4.69, 9.17) is 0 Å². The summed E-state index contributed by atoms with van der Waals surface area (Å²) < 4.78 is 0. The Bertz CT molecular complexity index is 228. The van der Waals surface area contributed by atoms with E-state index in [1.165, 1.54) is 11.1 Å². The lowest BCUT2D eigenvalue weighted by Gasteiger charge is -2.19. The van der Waals surface area contributed by atoms with Gasteiger partial charge in [-0.25, -0.2) is 0 Å². The Balaban J connectivity index is 2.66. The van der Waals surface area contributed by atoms with Gasteiger partial charge < -0.3 is 0 Å². The predicted octanol–water partition coefficient (Wildman–Crippen LogP) is 3.72. The maximum atomic E-state index is 3.92. The second-order valence-corrected chi connectivity index (χ2v) is 3.93. The van der Waals surface area contributed by atoms with Gasteiger partial charge in [-0.15, -0.1) is 0 Å². The molecule has 0 aromatic heterocycles. The zero-order chi connectivity index (χ0) is 9.14. The van der Waals surface area contributed by atoms with Crippen LogP contribution >= 0.6 is 0 Å². The van der Waals surface area contributed by atoms with Crippen molar-refractivity contribution in [2.75, 3.05) is 0 Å². The number of hydrogen-bond acceptors (Lipinski definition) is 0. The first-order valence-corrected chi connectivity index (χ1v) is 4.67. The third kappa shape index (κ3) is 2.10. The lowest BCUT2D eigenvalue weighted by atomic mass is 9.86. The first-order valence-electron chi connectivity index (χ1n) is 4.67. The first-order chi connectivity index (χ1) is 5.61. The monoisotopic (exact) mass is 162 g/mol. The van der Waals surface area contributed by atoms with Crippen molar-refractivity contribution in [1.29, 1.82) is 0 Å². The average Bonchev–Trinajstić information content (AvgIpc) is 2.04. The van der Waals surface area contributed by atoms with Gasteiger partial charge in [-0.3, -0.25) is 0 Å². The van der Waals surface area contributed by atoms with E-state index in [2.05, 4.69) is 45.6 Å². The van der Waals surface area contributed by atoms with Crippen molar-refractivity contribution in [3.8, 4) is 0 Å². The van der Waals surface area contributed by atoms with Crippen molar-refractivity contribution in [1.82, 2.24) is 0 Å². The number of hydrogen-bond donors (Lipinski definition) is 0. The second kappa shape index (κ2) is 3.75. The summed E-state index contributed by atoms with van der Waals surface area (Å²) in [6.45, 7) is 10.7. The average molecular weight is 162 g/mol. The summed E-state index contributed by atoms with van der Waals surface area (Å²) in [7, 11) is 0. The molecular formula is C12H18. The van der Waals surface area contributed by atoms with Crippen molar-refractivity contribution in [2.45, 2.75) is 27.2 Å². The van der Waals surface area contributed by atoms with Crippen LogP contribution in [0.2, 0.25) is 0 Å². The molecule has 0 spiro atoms. The molecule has 1 rings (SSSR count). The largest absolute Gasteiger partial charge is 0.0955 e. The summed E-state index contributed by atoms with van der Waals surface area (Å²) in [6, 6.07) is 0. The number of allylic oxidation sites excluding steroid dienone is 5. The van der Waals surface area contributed by atoms with Crippen molar-refractivity contribution in [3.05, 3.63) is 36.0 Å². The summed E-state index contributed by atoms with van der Waals surface area (Å²) in [6.07, 6.45) is 7.67. The summed E-state index contributed by atoms with van der Waals surface area (Å²) in [4.78, 5) is 0. The minimum Gasteiger partial charge on any atom is -0.0955 e. The van der Waals surface area contributed by atoms with Crippen LogP contribution in [0.15, 0.2) is 36.0 Å². The maximum absolute atomic E-state index is 3.92. The zero-order valence-electron chi connectivity index (χ0n) is 8.30. The quantitative estimate of drug-likeness (QED) is 0.580. The first kappa shape index (κ1) is 9.31. The minimum absolute atomic E-state index is 0.675. The molecule has 0 heteroatoms. The molecule has 0 heterocycles. The minimum atomic E-state index is 0.675. The van der Waals surface area contributed by atoms with Crippen molar-refractivity contribution < 1.29 is 0 Å². The molecule has 0 radical (unpaired) electrons. The molecule has 12 heavy (non-hydrogen) atoms. The molecule has 1 aliphatic rings. The van der Waals surface area contributed by atoms with Gasteiger partial charge in [0.2, 0.25) is 0 Å². The van der Waals surface area contributed by atoms with E-state index in [0.29, 0.717) is 5.92 Å². The molecule has 1 unspecified atom stereocenters. The topological polar surface area (TPSA) is 0 Å². The maximum Gasteiger partial charge on any atom is -0.00974 e. The van der Waals surface area contributed by atoms with Crippen molar-refractivity contribution in [3.63, 3.8) is 0 Å². The van der Waals surface area contributed by atoms with Crippen LogP contribution in [-0.4, -0.2) is 0 Å². The fourth-order valence-corrected chi connectivity index (χ4v) is 1.32. The summed E-state index contributed by atoms with van der Waals surface area (Å²) >= 11 is 0. The fraction of sp³-hybridized carbons (Fsp3) is 0.500. The van der Waals surface area contributed by atoms with E-state index in [1.54, 1.807) is 0 Å². The van der Waals surface area contributed by atoms with E-state index in [0.717, 1.165) is 12.3 Å². The highest BCUT2D eigenvalue weighted by Crippen LogP contribution is 2.25. The zero-order valence-corrected chi connectivity index (χ0v) is 8.30. The molecule has 0 N–H and O–H groups in total. The van der Waals surface area contributed by atoms with Crippen LogP contribution in [0, 0.1) is 11.8 Å². The smallest absolute Gasteiger partial charge is 0.00974 e. The molecule has 0 amide bonds. The lowest BCUT2D eigenvalue weighted by molar-refractivity contribution is 0.486. The molecule has 0 aromatic carbocycles. The number of rotatable bonds is 2. The van der Waals surface area contributed by atoms with Crippen LogP contribution in [0.3, 0.4) is 0 Å². The van der Waals surface area contributed by atoms with Gasteiger partial charge in [0.1, 0.15) is 0 Å². The summed E-state index contributed by atoms with van der Waals surface area (Å²) in [5.74, 6) is 1.40.